The van der Waals surface area contributed by atoms with Gasteiger partial charge in [-0.05, 0) is 36.5 Å². The molecule has 8 nitrogen and oxygen atoms in total. The van der Waals surface area contributed by atoms with Crippen LogP contribution in [0.5, 0.6) is 5.88 Å². The molecule has 38 heavy (non-hydrogen) atoms. The van der Waals surface area contributed by atoms with Crippen LogP contribution in [0.25, 0.3) is 22.8 Å². The van der Waals surface area contributed by atoms with Gasteiger partial charge in [-0.1, -0.05) is 24.3 Å². The number of fused-ring (bicyclic) bond motifs is 1. The van der Waals surface area contributed by atoms with Gasteiger partial charge in [-0.25, -0.2) is 19.9 Å². The molecule has 2 aliphatic rings. The molecule has 0 N–H and O–H groups in total. The molecular weight excluding hydrogens is 497 g/mol. The Labute approximate surface area is 216 Å². The second-order valence-corrected chi connectivity index (χ2v) is 9.56. The zero-order valence-corrected chi connectivity index (χ0v) is 20.4. The van der Waals surface area contributed by atoms with Crippen LogP contribution >= 0.6 is 0 Å². The number of hydrogen-bond donors (Lipinski definition) is 0. The highest BCUT2D eigenvalue weighted by molar-refractivity contribution is 6.00. The number of halogens is 3. The fourth-order valence-corrected chi connectivity index (χ4v) is 4.40. The quantitative estimate of drug-likeness (QED) is 0.347. The fraction of sp³-hybridized carbons (Fsp3) is 0.296. The normalized spacial score (nSPS) is 15.2. The Morgan fingerprint density at radius 1 is 1.08 bits per heavy atom. The summed E-state index contributed by atoms with van der Waals surface area (Å²) in [4.78, 5) is 31.7. The van der Waals surface area contributed by atoms with Crippen molar-refractivity contribution in [1.29, 1.82) is 0 Å². The second kappa shape index (κ2) is 9.23. The van der Waals surface area contributed by atoms with E-state index in [0.29, 0.717) is 41.2 Å². The van der Waals surface area contributed by atoms with Crippen LogP contribution in [0.3, 0.4) is 0 Å². The van der Waals surface area contributed by atoms with Gasteiger partial charge in [0.1, 0.15) is 11.6 Å². The van der Waals surface area contributed by atoms with E-state index in [4.69, 9.17) is 9.72 Å². The number of benzene rings is 1. The molecule has 4 aromatic rings. The van der Waals surface area contributed by atoms with Gasteiger partial charge in [-0.15, -0.1) is 0 Å². The Bertz CT molecular complexity index is 1510. The van der Waals surface area contributed by atoms with Gasteiger partial charge in [0.15, 0.2) is 11.5 Å². The number of anilines is 1. The molecule has 3 aromatic heterocycles. The molecule has 0 spiro atoms. The number of aromatic nitrogens is 5. The van der Waals surface area contributed by atoms with Crippen LogP contribution in [0.4, 0.5) is 19.0 Å². The lowest BCUT2D eigenvalue weighted by molar-refractivity contribution is -0.140. The molecule has 4 heterocycles. The van der Waals surface area contributed by atoms with Gasteiger partial charge in [-0.2, -0.15) is 13.2 Å². The molecular formula is C27H23F3N6O2. The van der Waals surface area contributed by atoms with Crippen LogP contribution in [0.15, 0.2) is 55.0 Å². The molecule has 1 saturated carbocycles. The van der Waals surface area contributed by atoms with Gasteiger partial charge >= 0.3 is 6.18 Å². The first-order chi connectivity index (χ1) is 18.3. The van der Waals surface area contributed by atoms with Crippen molar-refractivity contribution >= 4 is 11.7 Å². The first-order valence-corrected chi connectivity index (χ1v) is 12.2. The molecule has 0 bridgehead atoms. The first-order valence-electron chi connectivity index (χ1n) is 12.2. The van der Waals surface area contributed by atoms with E-state index < -0.39 is 11.9 Å². The predicted molar refractivity (Wildman–Crippen MR) is 132 cm³/mol. The third-order valence-corrected chi connectivity index (χ3v) is 6.62. The SMILES string of the molecule is Cn1cc(C(F)(F)F)nc1-c1ccc(CN2C(=O)Cc3cnc(-c4cccnc4OCC4CC4)nc32)cc1. The lowest BCUT2D eigenvalue weighted by atomic mass is 10.1. The van der Waals surface area contributed by atoms with Gasteiger partial charge in [0.25, 0.3) is 0 Å². The number of ether oxygens (including phenoxy) is 1. The molecule has 0 unspecified atom stereocenters. The Morgan fingerprint density at radius 2 is 1.87 bits per heavy atom. The van der Waals surface area contributed by atoms with E-state index in [1.54, 1.807) is 47.6 Å². The highest BCUT2D eigenvalue weighted by Gasteiger charge is 2.35. The molecule has 1 aliphatic carbocycles. The Morgan fingerprint density at radius 3 is 2.58 bits per heavy atom. The van der Waals surface area contributed by atoms with E-state index in [2.05, 4.69) is 15.0 Å². The Hall–Kier alpha value is -4.28. The predicted octanol–water partition coefficient (Wildman–Crippen LogP) is 4.84. The Kier molecular flexibility index (Phi) is 5.85. The number of carbonyl (C=O) groups excluding carboxylic acids is 1. The molecule has 1 aliphatic heterocycles. The molecule has 0 atom stereocenters. The summed E-state index contributed by atoms with van der Waals surface area (Å²) in [6.07, 6.45) is 2.28. The molecule has 1 amide bonds. The van der Waals surface area contributed by atoms with Crippen LogP contribution in [-0.2, 0) is 31.0 Å². The maximum Gasteiger partial charge on any atom is 0.434 e. The summed E-state index contributed by atoms with van der Waals surface area (Å²) < 4.78 is 46.4. The van der Waals surface area contributed by atoms with Gasteiger partial charge in [0.05, 0.1) is 25.1 Å². The van der Waals surface area contributed by atoms with Crippen molar-refractivity contribution < 1.29 is 22.7 Å². The van der Waals surface area contributed by atoms with Crippen molar-refractivity contribution in [2.45, 2.75) is 32.0 Å². The average Bonchev–Trinajstić information content (AvgIpc) is 3.57. The van der Waals surface area contributed by atoms with Crippen LogP contribution in [0, 0.1) is 5.92 Å². The molecule has 0 radical (unpaired) electrons. The molecule has 0 saturated heterocycles. The lowest BCUT2D eigenvalue weighted by Gasteiger charge is -2.17. The molecule has 1 fully saturated rings. The van der Waals surface area contributed by atoms with Crippen molar-refractivity contribution in [3.63, 3.8) is 0 Å². The number of carbonyl (C=O) groups is 1. The van der Waals surface area contributed by atoms with Gasteiger partial charge in [0.2, 0.25) is 11.8 Å². The van der Waals surface area contributed by atoms with E-state index in [-0.39, 0.29) is 24.7 Å². The van der Waals surface area contributed by atoms with Crippen LogP contribution in [0.2, 0.25) is 0 Å². The highest BCUT2D eigenvalue weighted by atomic mass is 19.4. The zero-order valence-electron chi connectivity index (χ0n) is 20.4. The van der Waals surface area contributed by atoms with Crippen molar-refractivity contribution in [2.24, 2.45) is 13.0 Å². The summed E-state index contributed by atoms with van der Waals surface area (Å²) in [5.41, 5.74) is 1.79. The maximum atomic E-state index is 13.0. The number of aryl methyl sites for hydroxylation is 1. The molecule has 11 heteroatoms. The minimum atomic E-state index is -4.51. The van der Waals surface area contributed by atoms with E-state index in [1.165, 1.54) is 11.6 Å². The molecule has 1 aromatic carbocycles. The average molecular weight is 521 g/mol. The minimum Gasteiger partial charge on any atom is -0.477 e. The minimum absolute atomic E-state index is 0.106. The lowest BCUT2D eigenvalue weighted by Crippen LogP contribution is -2.26. The molecule has 6 rings (SSSR count). The fourth-order valence-electron chi connectivity index (χ4n) is 4.40. The smallest absolute Gasteiger partial charge is 0.434 e. The van der Waals surface area contributed by atoms with Gasteiger partial charge < -0.3 is 9.30 Å². The van der Waals surface area contributed by atoms with Crippen molar-refractivity contribution in [3.8, 4) is 28.7 Å². The van der Waals surface area contributed by atoms with E-state index in [0.717, 1.165) is 30.2 Å². The number of alkyl halides is 3. The van der Waals surface area contributed by atoms with E-state index >= 15 is 0 Å². The van der Waals surface area contributed by atoms with E-state index in [1.807, 2.05) is 6.07 Å². The topological polar surface area (TPSA) is 86.0 Å². The summed E-state index contributed by atoms with van der Waals surface area (Å²) in [7, 11) is 1.52. The number of nitrogens with zero attached hydrogens (tertiary/aromatic N) is 6. The maximum absolute atomic E-state index is 13.0. The monoisotopic (exact) mass is 520 g/mol. The largest absolute Gasteiger partial charge is 0.477 e. The molecule has 194 valence electrons. The summed E-state index contributed by atoms with van der Waals surface area (Å²) in [5, 5.41) is 0. The van der Waals surface area contributed by atoms with E-state index in [9.17, 15) is 18.0 Å². The summed E-state index contributed by atoms with van der Waals surface area (Å²) in [5.74, 6) is 2.09. The van der Waals surface area contributed by atoms with Gasteiger partial charge in [-0.3, -0.25) is 9.69 Å². The number of imidazole rings is 1. The summed E-state index contributed by atoms with van der Waals surface area (Å²) >= 11 is 0. The zero-order chi connectivity index (χ0) is 26.4. The number of pyridine rings is 1. The van der Waals surface area contributed by atoms with Crippen LogP contribution in [0.1, 0.15) is 29.7 Å². The van der Waals surface area contributed by atoms with Crippen LogP contribution < -0.4 is 9.64 Å². The van der Waals surface area contributed by atoms with Crippen molar-refractivity contribution in [3.05, 3.63) is 71.8 Å². The standard InChI is InChI=1S/C27H23F3N6O2/c1-35-14-21(27(28,29)30)33-24(35)18-8-6-16(7-9-18)13-36-22(37)11-19-12-32-23(34-25(19)36)20-3-2-10-31-26(20)38-15-17-4-5-17/h2-3,6-10,12,14,17H,4-5,11,13,15H2,1H3. The van der Waals surface area contributed by atoms with Crippen molar-refractivity contribution in [1.82, 2.24) is 24.5 Å². The first kappa shape index (κ1) is 24.1. The number of hydrogen-bond acceptors (Lipinski definition) is 6. The van der Waals surface area contributed by atoms with Crippen LogP contribution in [-0.4, -0.2) is 37.0 Å². The third-order valence-electron chi connectivity index (χ3n) is 6.62. The Balaban J connectivity index is 1.24. The summed E-state index contributed by atoms with van der Waals surface area (Å²) in [6, 6.07) is 10.6. The third kappa shape index (κ3) is 4.71. The number of rotatable bonds is 7. The second-order valence-electron chi connectivity index (χ2n) is 9.56. The highest BCUT2D eigenvalue weighted by Crippen LogP contribution is 2.35. The van der Waals surface area contributed by atoms with Gasteiger partial charge in [0, 0.05) is 36.8 Å². The van der Waals surface area contributed by atoms with Crippen molar-refractivity contribution in [2.75, 3.05) is 11.5 Å². The number of amides is 1. The summed E-state index contributed by atoms with van der Waals surface area (Å²) in [6.45, 7) is 0.861.